The van der Waals surface area contributed by atoms with Gasteiger partial charge in [0.05, 0.1) is 14.2 Å². The zero-order chi connectivity index (χ0) is 21.0. The Bertz CT molecular complexity index is 870. The normalized spacial score (nSPS) is 19.9. The second-order valence-electron chi connectivity index (χ2n) is 7.76. The Balaban J connectivity index is 1.59. The SMILES string of the molecule is COc1ccc(CC[C@@]2(C)NC(=O)N(C[NH+](C)Cc3ccc(F)cc3)C2=O)cc1. The van der Waals surface area contributed by atoms with Gasteiger partial charge in [0.1, 0.15) is 23.7 Å². The maximum Gasteiger partial charge on any atom is 0.329 e. The van der Waals surface area contributed by atoms with E-state index in [0.29, 0.717) is 19.4 Å². The molecule has 1 unspecified atom stereocenters. The van der Waals surface area contributed by atoms with Crippen molar-refractivity contribution in [2.75, 3.05) is 20.8 Å². The van der Waals surface area contributed by atoms with Crippen molar-refractivity contribution >= 4 is 11.9 Å². The van der Waals surface area contributed by atoms with Gasteiger partial charge >= 0.3 is 6.03 Å². The van der Waals surface area contributed by atoms with Gasteiger partial charge in [0.2, 0.25) is 0 Å². The van der Waals surface area contributed by atoms with E-state index in [1.54, 1.807) is 26.2 Å². The highest BCUT2D eigenvalue weighted by molar-refractivity contribution is 6.06. The Morgan fingerprint density at radius 2 is 1.69 bits per heavy atom. The Morgan fingerprint density at radius 3 is 2.31 bits per heavy atom. The molecule has 0 saturated carbocycles. The first-order chi connectivity index (χ1) is 13.8. The molecule has 0 spiro atoms. The molecule has 2 atom stereocenters. The Kier molecular flexibility index (Phi) is 6.17. The van der Waals surface area contributed by atoms with Crippen LogP contribution in [-0.4, -0.2) is 43.2 Å². The Morgan fingerprint density at radius 1 is 1.07 bits per heavy atom. The zero-order valence-electron chi connectivity index (χ0n) is 17.0. The highest BCUT2D eigenvalue weighted by atomic mass is 19.1. The van der Waals surface area contributed by atoms with Gasteiger partial charge in [-0.2, -0.15) is 0 Å². The van der Waals surface area contributed by atoms with Crippen molar-refractivity contribution in [2.45, 2.75) is 31.8 Å². The summed E-state index contributed by atoms with van der Waals surface area (Å²) in [5.41, 5.74) is 1.09. The molecular formula is C22H27FN3O3+. The van der Waals surface area contributed by atoms with E-state index >= 15 is 0 Å². The number of aryl methyl sites for hydroxylation is 1. The van der Waals surface area contributed by atoms with Gasteiger partial charge in [0, 0.05) is 5.56 Å². The first-order valence-corrected chi connectivity index (χ1v) is 9.63. The fourth-order valence-corrected chi connectivity index (χ4v) is 3.52. The Hall–Kier alpha value is -2.93. The van der Waals surface area contributed by atoms with E-state index in [1.807, 2.05) is 31.3 Å². The number of nitrogens with zero attached hydrogens (tertiary/aromatic N) is 1. The summed E-state index contributed by atoms with van der Waals surface area (Å²) in [4.78, 5) is 27.6. The second-order valence-corrected chi connectivity index (χ2v) is 7.76. The minimum atomic E-state index is -0.923. The van der Waals surface area contributed by atoms with Gasteiger partial charge in [-0.3, -0.25) is 4.79 Å². The predicted molar refractivity (Wildman–Crippen MR) is 107 cm³/mol. The van der Waals surface area contributed by atoms with Crippen LogP contribution in [0, 0.1) is 5.82 Å². The van der Waals surface area contributed by atoms with Gasteiger partial charge in [0.25, 0.3) is 5.91 Å². The van der Waals surface area contributed by atoms with Crippen LogP contribution in [0.1, 0.15) is 24.5 Å². The molecular weight excluding hydrogens is 373 g/mol. The fourth-order valence-electron chi connectivity index (χ4n) is 3.52. The lowest BCUT2D eigenvalue weighted by atomic mass is 9.93. The van der Waals surface area contributed by atoms with E-state index in [0.717, 1.165) is 21.8 Å². The lowest BCUT2D eigenvalue weighted by molar-refractivity contribution is -0.901. The van der Waals surface area contributed by atoms with Crippen LogP contribution < -0.4 is 15.0 Å². The highest BCUT2D eigenvalue weighted by Gasteiger charge is 2.48. The first-order valence-electron chi connectivity index (χ1n) is 9.63. The van der Waals surface area contributed by atoms with Gasteiger partial charge in [-0.15, -0.1) is 0 Å². The third kappa shape index (κ3) is 4.92. The topological polar surface area (TPSA) is 63.1 Å². The molecule has 154 valence electrons. The third-order valence-corrected chi connectivity index (χ3v) is 5.27. The molecule has 2 aromatic carbocycles. The standard InChI is InChI=1S/C22H26FN3O3/c1-22(13-12-16-6-10-19(29-3)11-7-16)20(27)26(21(28)24-22)15-25(2)14-17-4-8-18(23)9-5-17/h4-11H,12-15H2,1-3H3,(H,24,28)/p+1/t22-/m1/s1. The van der Waals surface area contributed by atoms with Crippen molar-refractivity contribution in [3.05, 3.63) is 65.5 Å². The number of carbonyl (C=O) groups excluding carboxylic acids is 2. The van der Waals surface area contributed by atoms with Gasteiger partial charge in [-0.1, -0.05) is 24.3 Å². The molecule has 0 aromatic heterocycles. The predicted octanol–water partition coefficient (Wildman–Crippen LogP) is 1.75. The summed E-state index contributed by atoms with van der Waals surface area (Å²) < 4.78 is 18.2. The number of ether oxygens (including phenoxy) is 1. The number of imide groups is 1. The van der Waals surface area contributed by atoms with Crippen molar-refractivity contribution < 1.29 is 23.6 Å². The molecule has 0 aliphatic carbocycles. The van der Waals surface area contributed by atoms with Crippen LogP contribution in [0.3, 0.4) is 0 Å². The number of nitrogens with one attached hydrogen (secondary N) is 2. The molecule has 1 aliphatic heterocycles. The smallest absolute Gasteiger partial charge is 0.329 e. The molecule has 29 heavy (non-hydrogen) atoms. The van der Waals surface area contributed by atoms with Crippen LogP contribution in [0.4, 0.5) is 9.18 Å². The van der Waals surface area contributed by atoms with E-state index in [-0.39, 0.29) is 24.4 Å². The summed E-state index contributed by atoms with van der Waals surface area (Å²) >= 11 is 0. The summed E-state index contributed by atoms with van der Waals surface area (Å²) in [5.74, 6) is 0.283. The number of benzene rings is 2. The molecule has 0 radical (unpaired) electrons. The summed E-state index contributed by atoms with van der Waals surface area (Å²) in [6.45, 7) is 2.60. The summed E-state index contributed by atoms with van der Waals surface area (Å²) in [7, 11) is 3.52. The molecule has 1 fully saturated rings. The molecule has 1 saturated heterocycles. The van der Waals surface area contributed by atoms with Crippen LogP contribution in [0.15, 0.2) is 48.5 Å². The van der Waals surface area contributed by atoms with Crippen molar-refractivity contribution in [2.24, 2.45) is 0 Å². The van der Waals surface area contributed by atoms with Gasteiger partial charge in [-0.25, -0.2) is 14.1 Å². The molecule has 3 rings (SSSR count). The first kappa shape index (κ1) is 20.8. The number of quaternary nitrogens is 1. The van der Waals surface area contributed by atoms with Crippen LogP contribution >= 0.6 is 0 Å². The molecule has 6 nitrogen and oxygen atoms in total. The lowest BCUT2D eigenvalue weighted by Gasteiger charge is -2.23. The van der Waals surface area contributed by atoms with Gasteiger partial charge in [-0.05, 0) is 49.6 Å². The number of methoxy groups -OCH3 is 1. The van der Waals surface area contributed by atoms with Crippen LogP contribution in [0.25, 0.3) is 0 Å². The van der Waals surface area contributed by atoms with Gasteiger partial charge < -0.3 is 15.0 Å². The second kappa shape index (κ2) is 8.61. The lowest BCUT2D eigenvalue weighted by Crippen LogP contribution is -3.09. The average molecular weight is 400 g/mol. The summed E-state index contributed by atoms with van der Waals surface area (Å²) in [6, 6.07) is 13.6. The summed E-state index contributed by atoms with van der Waals surface area (Å²) in [6.07, 6.45) is 1.18. The van der Waals surface area contributed by atoms with Crippen LogP contribution in [0.5, 0.6) is 5.75 Å². The molecule has 1 heterocycles. The van der Waals surface area contributed by atoms with Crippen molar-refractivity contribution in [3.63, 3.8) is 0 Å². The van der Waals surface area contributed by atoms with Crippen LogP contribution in [-0.2, 0) is 17.8 Å². The van der Waals surface area contributed by atoms with E-state index in [9.17, 15) is 14.0 Å². The monoisotopic (exact) mass is 400 g/mol. The fraction of sp³-hybridized carbons (Fsp3) is 0.364. The number of hydrogen-bond donors (Lipinski definition) is 2. The largest absolute Gasteiger partial charge is 0.497 e. The molecule has 2 aromatic rings. The number of rotatable bonds is 8. The Labute approximate surface area is 170 Å². The van der Waals surface area contributed by atoms with Crippen molar-refractivity contribution in [3.8, 4) is 5.75 Å². The maximum absolute atomic E-state index is 13.1. The van der Waals surface area contributed by atoms with Crippen LogP contribution in [0.2, 0.25) is 0 Å². The van der Waals surface area contributed by atoms with Crippen molar-refractivity contribution in [1.82, 2.24) is 10.2 Å². The molecule has 2 N–H and O–H groups in total. The molecule has 0 bridgehead atoms. The number of hydrogen-bond acceptors (Lipinski definition) is 3. The molecule has 3 amide bonds. The quantitative estimate of drug-likeness (QED) is 0.664. The summed E-state index contributed by atoms with van der Waals surface area (Å²) in [5, 5.41) is 2.85. The number of amides is 3. The maximum atomic E-state index is 13.1. The number of halogens is 1. The minimum Gasteiger partial charge on any atom is -0.497 e. The van der Waals surface area contributed by atoms with Crippen molar-refractivity contribution in [1.29, 1.82) is 0 Å². The van der Waals surface area contributed by atoms with Gasteiger partial charge in [0.15, 0.2) is 6.67 Å². The van der Waals surface area contributed by atoms with E-state index in [4.69, 9.17) is 4.74 Å². The zero-order valence-corrected chi connectivity index (χ0v) is 17.0. The highest BCUT2D eigenvalue weighted by Crippen LogP contribution is 2.23. The van der Waals surface area contributed by atoms with E-state index in [2.05, 4.69) is 5.32 Å². The number of urea groups is 1. The average Bonchev–Trinajstić information content (AvgIpc) is 2.92. The third-order valence-electron chi connectivity index (χ3n) is 5.27. The van der Waals surface area contributed by atoms with E-state index in [1.165, 1.54) is 17.0 Å². The molecule has 7 heteroatoms. The minimum absolute atomic E-state index is 0.213. The molecule has 1 aliphatic rings. The number of carbonyl (C=O) groups is 2. The van der Waals surface area contributed by atoms with E-state index < -0.39 is 5.54 Å².